The van der Waals surface area contributed by atoms with Crippen LogP contribution in [0.3, 0.4) is 0 Å². The van der Waals surface area contributed by atoms with Crippen molar-refractivity contribution in [3.63, 3.8) is 0 Å². The number of halogens is 6. The Hall–Kier alpha value is -1.08. The smallest absolute Gasteiger partial charge is 0.207 e. The summed E-state index contributed by atoms with van der Waals surface area (Å²) in [6, 6.07) is 0. The summed E-state index contributed by atoms with van der Waals surface area (Å²) in [6.07, 6.45) is -0.576. The first-order chi connectivity index (χ1) is 7.52. The fraction of sp³-hybridized carbons (Fsp3) is 0.333. The normalized spacial score (nSPS) is 15.1. The Kier molecular flexibility index (Phi) is 4.16. The first-order valence-electron chi connectivity index (χ1n) is 4.41. The Morgan fingerprint density at radius 2 is 1.24 bits per heavy atom. The van der Waals surface area contributed by atoms with E-state index >= 15 is 0 Å². The maximum absolute atomic E-state index is 13.1. The highest BCUT2D eigenvalue weighted by Gasteiger charge is 2.30. The van der Waals surface area contributed by atoms with E-state index in [9.17, 15) is 22.0 Å². The quantitative estimate of drug-likeness (QED) is 0.507. The van der Waals surface area contributed by atoms with E-state index in [1.165, 1.54) is 0 Å². The number of rotatable bonds is 2. The molecule has 96 valence electrons. The van der Waals surface area contributed by atoms with E-state index in [0.29, 0.717) is 13.1 Å². The lowest BCUT2D eigenvalue weighted by Crippen LogP contribution is -2.50. The number of nitrogens with one attached hydrogen (secondary N) is 1. The summed E-state index contributed by atoms with van der Waals surface area (Å²) in [5.74, 6) is -11.3. The standard InChI is InChI=1S/C9H6F5NO.ClH/c10-4-5(11)7(13)9(8(14)6(4)12)16-3-1-15-2-3;/h3,15H,1-2H2;1H. The van der Waals surface area contributed by atoms with Crippen LogP contribution in [0.25, 0.3) is 0 Å². The molecule has 0 saturated carbocycles. The van der Waals surface area contributed by atoms with Gasteiger partial charge in [-0.25, -0.2) is 13.2 Å². The predicted molar refractivity (Wildman–Crippen MR) is 50.8 cm³/mol. The van der Waals surface area contributed by atoms with Crippen molar-refractivity contribution in [2.75, 3.05) is 13.1 Å². The van der Waals surface area contributed by atoms with Gasteiger partial charge < -0.3 is 10.1 Å². The Bertz CT molecular complexity index is 409. The minimum absolute atomic E-state index is 0. The first kappa shape index (κ1) is 14.0. The van der Waals surface area contributed by atoms with Gasteiger partial charge in [-0.1, -0.05) is 0 Å². The molecule has 1 N–H and O–H groups in total. The molecule has 1 heterocycles. The fourth-order valence-electron chi connectivity index (χ4n) is 1.20. The summed E-state index contributed by atoms with van der Waals surface area (Å²) in [6.45, 7) is 0.610. The van der Waals surface area contributed by atoms with Crippen LogP contribution in [0.2, 0.25) is 0 Å². The molecule has 0 atom stereocenters. The van der Waals surface area contributed by atoms with Gasteiger partial charge in [0.05, 0.1) is 0 Å². The monoisotopic (exact) mass is 275 g/mol. The third kappa shape index (κ3) is 2.30. The van der Waals surface area contributed by atoms with Gasteiger partial charge in [0.2, 0.25) is 29.1 Å². The van der Waals surface area contributed by atoms with E-state index < -0.39 is 40.9 Å². The number of benzene rings is 1. The van der Waals surface area contributed by atoms with Gasteiger partial charge >= 0.3 is 0 Å². The van der Waals surface area contributed by atoms with Crippen molar-refractivity contribution in [2.45, 2.75) is 6.10 Å². The molecule has 1 aromatic carbocycles. The topological polar surface area (TPSA) is 21.3 Å². The van der Waals surface area contributed by atoms with Crippen LogP contribution in [0.1, 0.15) is 0 Å². The van der Waals surface area contributed by atoms with Crippen LogP contribution < -0.4 is 10.1 Å². The molecular formula is C9H7ClF5NO. The molecule has 2 nitrogen and oxygen atoms in total. The average Bonchev–Trinajstić information content (AvgIpc) is 2.21. The van der Waals surface area contributed by atoms with E-state index in [4.69, 9.17) is 0 Å². The van der Waals surface area contributed by atoms with Crippen molar-refractivity contribution in [1.29, 1.82) is 0 Å². The van der Waals surface area contributed by atoms with Gasteiger partial charge in [-0.2, -0.15) is 8.78 Å². The second-order valence-corrected chi connectivity index (χ2v) is 3.30. The molecule has 1 fully saturated rings. The lowest BCUT2D eigenvalue weighted by Gasteiger charge is -2.28. The van der Waals surface area contributed by atoms with Crippen molar-refractivity contribution in [3.8, 4) is 5.75 Å². The van der Waals surface area contributed by atoms with Crippen LogP contribution in [0.4, 0.5) is 22.0 Å². The number of hydrogen-bond acceptors (Lipinski definition) is 2. The Morgan fingerprint density at radius 1 is 0.824 bits per heavy atom. The highest BCUT2D eigenvalue weighted by molar-refractivity contribution is 5.85. The minimum atomic E-state index is -2.19. The van der Waals surface area contributed by atoms with E-state index in [2.05, 4.69) is 10.1 Å². The summed E-state index contributed by atoms with van der Waals surface area (Å²) < 4.78 is 68.9. The lowest BCUT2D eigenvalue weighted by molar-refractivity contribution is 0.125. The van der Waals surface area contributed by atoms with Gasteiger partial charge in [0.25, 0.3) is 0 Å². The van der Waals surface area contributed by atoms with Gasteiger partial charge in [-0.15, -0.1) is 12.4 Å². The second-order valence-electron chi connectivity index (χ2n) is 3.30. The summed E-state index contributed by atoms with van der Waals surface area (Å²) in [4.78, 5) is 0. The molecule has 17 heavy (non-hydrogen) atoms. The summed E-state index contributed by atoms with van der Waals surface area (Å²) >= 11 is 0. The Morgan fingerprint density at radius 3 is 1.59 bits per heavy atom. The maximum atomic E-state index is 13.1. The SMILES string of the molecule is Cl.Fc1c(F)c(F)c(OC2CNC2)c(F)c1F. The van der Waals surface area contributed by atoms with Crippen molar-refractivity contribution in [2.24, 2.45) is 0 Å². The molecule has 8 heteroatoms. The van der Waals surface area contributed by atoms with Crippen LogP contribution >= 0.6 is 12.4 Å². The highest BCUT2D eigenvalue weighted by Crippen LogP contribution is 2.30. The third-order valence-corrected chi connectivity index (χ3v) is 2.20. The van der Waals surface area contributed by atoms with Gasteiger partial charge in [0, 0.05) is 13.1 Å². The molecule has 0 unspecified atom stereocenters. The lowest BCUT2D eigenvalue weighted by atomic mass is 10.2. The summed E-state index contributed by atoms with van der Waals surface area (Å²) in [5, 5.41) is 2.73. The molecular weight excluding hydrogens is 269 g/mol. The maximum Gasteiger partial charge on any atom is 0.207 e. The zero-order valence-electron chi connectivity index (χ0n) is 8.20. The molecule has 0 spiro atoms. The molecule has 0 aromatic heterocycles. The molecule has 1 aliphatic rings. The molecule has 0 radical (unpaired) electrons. The summed E-state index contributed by atoms with van der Waals surface area (Å²) in [7, 11) is 0. The molecule has 1 saturated heterocycles. The van der Waals surface area contributed by atoms with Crippen LogP contribution in [-0.4, -0.2) is 19.2 Å². The van der Waals surface area contributed by atoms with Crippen molar-refractivity contribution >= 4 is 12.4 Å². The van der Waals surface area contributed by atoms with Crippen LogP contribution in [0.5, 0.6) is 5.75 Å². The number of ether oxygens (including phenoxy) is 1. The van der Waals surface area contributed by atoms with Gasteiger partial charge in [-0.05, 0) is 0 Å². The van der Waals surface area contributed by atoms with E-state index in [1.54, 1.807) is 0 Å². The van der Waals surface area contributed by atoms with E-state index in [-0.39, 0.29) is 12.4 Å². The number of hydrogen-bond donors (Lipinski definition) is 1. The van der Waals surface area contributed by atoms with Crippen LogP contribution in [0.15, 0.2) is 0 Å². The van der Waals surface area contributed by atoms with Gasteiger partial charge in [0.1, 0.15) is 6.10 Å². The molecule has 0 aliphatic carbocycles. The fourth-order valence-corrected chi connectivity index (χ4v) is 1.20. The molecule has 1 aliphatic heterocycles. The van der Waals surface area contributed by atoms with Crippen molar-refractivity contribution < 1.29 is 26.7 Å². The zero-order chi connectivity index (χ0) is 11.9. The molecule has 0 bridgehead atoms. The van der Waals surface area contributed by atoms with Gasteiger partial charge in [0.15, 0.2) is 5.75 Å². The molecule has 0 amide bonds. The Balaban J connectivity index is 0.00000144. The van der Waals surface area contributed by atoms with E-state index in [1.807, 2.05) is 0 Å². The second kappa shape index (κ2) is 5.05. The molecule has 1 aromatic rings. The van der Waals surface area contributed by atoms with Crippen molar-refractivity contribution in [1.82, 2.24) is 5.32 Å². The van der Waals surface area contributed by atoms with Crippen LogP contribution in [0, 0.1) is 29.1 Å². The third-order valence-electron chi connectivity index (χ3n) is 2.20. The van der Waals surface area contributed by atoms with E-state index in [0.717, 1.165) is 0 Å². The Labute approximate surface area is 99.2 Å². The van der Waals surface area contributed by atoms with Crippen LogP contribution in [-0.2, 0) is 0 Å². The summed E-state index contributed by atoms with van der Waals surface area (Å²) in [5.41, 5.74) is 0. The highest BCUT2D eigenvalue weighted by atomic mass is 35.5. The zero-order valence-corrected chi connectivity index (χ0v) is 9.01. The minimum Gasteiger partial charge on any atom is -0.481 e. The van der Waals surface area contributed by atoms with Crippen molar-refractivity contribution in [3.05, 3.63) is 29.1 Å². The van der Waals surface area contributed by atoms with Gasteiger partial charge in [-0.3, -0.25) is 0 Å². The predicted octanol–water partition coefficient (Wildman–Crippen LogP) is 2.15. The first-order valence-corrected chi connectivity index (χ1v) is 4.41. The average molecular weight is 276 g/mol. The largest absolute Gasteiger partial charge is 0.481 e. The molecule has 2 rings (SSSR count).